The van der Waals surface area contributed by atoms with Crippen molar-refractivity contribution in [3.63, 3.8) is 0 Å². The second-order valence-corrected chi connectivity index (χ2v) is 4.33. The standard InChI is InChI=1S/C16H20N2O3/c1-19-15-8-9-18-14(16(15)20-2)12-17-10-11-21-13-6-4-3-5-7-13/h3-9,17H,10-12H2,1-2H3. The zero-order valence-electron chi connectivity index (χ0n) is 12.3. The Morgan fingerprint density at radius 2 is 1.86 bits per heavy atom. The number of rotatable bonds is 8. The summed E-state index contributed by atoms with van der Waals surface area (Å²) in [7, 11) is 3.23. The van der Waals surface area contributed by atoms with Crippen molar-refractivity contribution >= 4 is 0 Å². The number of aromatic nitrogens is 1. The first-order chi connectivity index (χ1) is 10.3. The van der Waals surface area contributed by atoms with E-state index in [9.17, 15) is 0 Å². The summed E-state index contributed by atoms with van der Waals surface area (Å²) in [6.45, 7) is 1.91. The molecule has 5 nitrogen and oxygen atoms in total. The first kappa shape index (κ1) is 15.1. The fraction of sp³-hybridized carbons (Fsp3) is 0.312. The van der Waals surface area contributed by atoms with Gasteiger partial charge < -0.3 is 19.5 Å². The predicted octanol–water partition coefficient (Wildman–Crippen LogP) is 2.27. The largest absolute Gasteiger partial charge is 0.493 e. The van der Waals surface area contributed by atoms with Gasteiger partial charge in [0.1, 0.15) is 12.4 Å². The number of nitrogens with one attached hydrogen (secondary N) is 1. The van der Waals surface area contributed by atoms with Gasteiger partial charge in [-0.05, 0) is 12.1 Å². The van der Waals surface area contributed by atoms with E-state index in [-0.39, 0.29) is 0 Å². The smallest absolute Gasteiger partial charge is 0.183 e. The molecule has 1 aromatic heterocycles. The minimum absolute atomic E-state index is 0.594. The number of benzene rings is 1. The maximum absolute atomic E-state index is 5.61. The molecule has 21 heavy (non-hydrogen) atoms. The number of methoxy groups -OCH3 is 2. The molecular formula is C16H20N2O3. The van der Waals surface area contributed by atoms with Crippen LogP contribution in [0.15, 0.2) is 42.6 Å². The summed E-state index contributed by atoms with van der Waals surface area (Å²) >= 11 is 0. The Labute approximate surface area is 124 Å². The zero-order valence-corrected chi connectivity index (χ0v) is 12.3. The zero-order chi connectivity index (χ0) is 14.9. The molecule has 0 aliphatic rings. The SMILES string of the molecule is COc1ccnc(CNCCOc2ccccc2)c1OC. The lowest BCUT2D eigenvalue weighted by atomic mass is 10.3. The maximum atomic E-state index is 5.61. The van der Waals surface area contributed by atoms with E-state index in [0.717, 1.165) is 18.0 Å². The van der Waals surface area contributed by atoms with Crippen molar-refractivity contribution in [1.29, 1.82) is 0 Å². The van der Waals surface area contributed by atoms with Gasteiger partial charge in [-0.25, -0.2) is 0 Å². The van der Waals surface area contributed by atoms with Gasteiger partial charge in [-0.2, -0.15) is 0 Å². The lowest BCUT2D eigenvalue weighted by molar-refractivity contribution is 0.311. The van der Waals surface area contributed by atoms with Crippen LogP contribution in [0, 0.1) is 0 Å². The lowest BCUT2D eigenvalue weighted by Gasteiger charge is -2.12. The molecule has 0 saturated carbocycles. The molecule has 0 bridgehead atoms. The topological polar surface area (TPSA) is 52.6 Å². The third-order valence-electron chi connectivity index (χ3n) is 2.95. The normalized spacial score (nSPS) is 10.2. The molecule has 2 rings (SSSR count). The van der Waals surface area contributed by atoms with Gasteiger partial charge >= 0.3 is 0 Å². The van der Waals surface area contributed by atoms with Crippen LogP contribution >= 0.6 is 0 Å². The van der Waals surface area contributed by atoms with Crippen molar-refractivity contribution < 1.29 is 14.2 Å². The molecule has 0 spiro atoms. The van der Waals surface area contributed by atoms with Crippen molar-refractivity contribution in [3.05, 3.63) is 48.3 Å². The molecule has 0 fully saturated rings. The van der Waals surface area contributed by atoms with Crippen LogP contribution in [-0.4, -0.2) is 32.4 Å². The molecular weight excluding hydrogens is 268 g/mol. The number of pyridine rings is 1. The Morgan fingerprint density at radius 1 is 1.05 bits per heavy atom. The van der Waals surface area contributed by atoms with Crippen LogP contribution in [0.3, 0.4) is 0 Å². The summed E-state index contributed by atoms with van der Waals surface area (Å²) in [5.74, 6) is 2.22. The molecule has 112 valence electrons. The van der Waals surface area contributed by atoms with E-state index in [2.05, 4.69) is 10.3 Å². The average molecular weight is 288 g/mol. The fourth-order valence-corrected chi connectivity index (χ4v) is 1.94. The lowest BCUT2D eigenvalue weighted by Crippen LogP contribution is -2.21. The Bertz CT molecular complexity index is 546. The minimum atomic E-state index is 0.594. The fourth-order valence-electron chi connectivity index (χ4n) is 1.94. The van der Waals surface area contributed by atoms with Gasteiger partial charge in [-0.1, -0.05) is 18.2 Å². The van der Waals surface area contributed by atoms with Crippen molar-refractivity contribution in [2.45, 2.75) is 6.54 Å². The average Bonchev–Trinajstić information content (AvgIpc) is 2.55. The van der Waals surface area contributed by atoms with Crippen LogP contribution in [0.5, 0.6) is 17.2 Å². The van der Waals surface area contributed by atoms with E-state index >= 15 is 0 Å². The molecule has 1 aromatic carbocycles. The molecule has 0 aliphatic heterocycles. The molecule has 0 atom stereocenters. The summed E-state index contributed by atoms with van der Waals surface area (Å²) in [5, 5.41) is 3.27. The highest BCUT2D eigenvalue weighted by molar-refractivity contribution is 5.42. The highest BCUT2D eigenvalue weighted by Crippen LogP contribution is 2.28. The summed E-state index contributed by atoms with van der Waals surface area (Å²) in [6.07, 6.45) is 1.71. The maximum Gasteiger partial charge on any atom is 0.183 e. The first-order valence-corrected chi connectivity index (χ1v) is 6.79. The van der Waals surface area contributed by atoms with Crippen LogP contribution in [0.2, 0.25) is 0 Å². The molecule has 0 radical (unpaired) electrons. The van der Waals surface area contributed by atoms with Crippen LogP contribution in [0.4, 0.5) is 0 Å². The molecule has 1 heterocycles. The number of ether oxygens (including phenoxy) is 3. The summed E-state index contributed by atoms with van der Waals surface area (Å²) in [5.41, 5.74) is 0.816. The molecule has 1 N–H and O–H groups in total. The highest BCUT2D eigenvalue weighted by atomic mass is 16.5. The first-order valence-electron chi connectivity index (χ1n) is 6.79. The second-order valence-electron chi connectivity index (χ2n) is 4.33. The van der Waals surface area contributed by atoms with Crippen LogP contribution < -0.4 is 19.5 Å². The Hall–Kier alpha value is -2.27. The summed E-state index contributed by atoms with van der Waals surface area (Å²) in [4.78, 5) is 4.31. The quantitative estimate of drug-likeness (QED) is 0.755. The monoisotopic (exact) mass is 288 g/mol. The molecule has 0 saturated heterocycles. The van der Waals surface area contributed by atoms with Gasteiger partial charge in [-0.15, -0.1) is 0 Å². The molecule has 0 aliphatic carbocycles. The van der Waals surface area contributed by atoms with E-state index in [1.54, 1.807) is 26.5 Å². The van der Waals surface area contributed by atoms with E-state index < -0.39 is 0 Å². The van der Waals surface area contributed by atoms with Gasteiger partial charge in [0.25, 0.3) is 0 Å². The third-order valence-corrected chi connectivity index (χ3v) is 2.95. The predicted molar refractivity (Wildman–Crippen MR) is 81.0 cm³/mol. The Kier molecular flexibility index (Phi) is 5.84. The third kappa shape index (κ3) is 4.36. The minimum Gasteiger partial charge on any atom is -0.493 e. The van der Waals surface area contributed by atoms with Crippen LogP contribution in [0.1, 0.15) is 5.69 Å². The van der Waals surface area contributed by atoms with Crippen molar-refractivity contribution in [2.75, 3.05) is 27.4 Å². The van der Waals surface area contributed by atoms with E-state index in [1.165, 1.54) is 0 Å². The van der Waals surface area contributed by atoms with E-state index in [4.69, 9.17) is 14.2 Å². The van der Waals surface area contributed by atoms with Crippen molar-refractivity contribution in [3.8, 4) is 17.2 Å². The number of hydrogen-bond donors (Lipinski definition) is 1. The summed E-state index contributed by atoms with van der Waals surface area (Å²) in [6, 6.07) is 11.5. The Morgan fingerprint density at radius 3 is 2.57 bits per heavy atom. The van der Waals surface area contributed by atoms with Crippen molar-refractivity contribution in [1.82, 2.24) is 10.3 Å². The van der Waals surface area contributed by atoms with Crippen LogP contribution in [-0.2, 0) is 6.54 Å². The van der Waals surface area contributed by atoms with Gasteiger partial charge in [0, 0.05) is 25.4 Å². The van der Waals surface area contributed by atoms with Gasteiger partial charge in [0.15, 0.2) is 11.5 Å². The number of para-hydroxylation sites is 1. The highest BCUT2D eigenvalue weighted by Gasteiger charge is 2.10. The number of nitrogens with zero attached hydrogens (tertiary/aromatic N) is 1. The van der Waals surface area contributed by atoms with E-state index in [0.29, 0.717) is 24.7 Å². The summed E-state index contributed by atoms with van der Waals surface area (Å²) < 4.78 is 16.2. The Balaban J connectivity index is 1.78. The second kappa shape index (κ2) is 8.11. The number of hydrogen-bond acceptors (Lipinski definition) is 5. The molecule has 5 heteroatoms. The van der Waals surface area contributed by atoms with E-state index in [1.807, 2.05) is 30.3 Å². The van der Waals surface area contributed by atoms with Gasteiger partial charge in [0.05, 0.1) is 19.9 Å². The molecule has 0 amide bonds. The molecule has 2 aromatic rings. The molecule has 0 unspecified atom stereocenters. The van der Waals surface area contributed by atoms with Gasteiger partial charge in [0.2, 0.25) is 0 Å². The van der Waals surface area contributed by atoms with Crippen molar-refractivity contribution in [2.24, 2.45) is 0 Å². The van der Waals surface area contributed by atoms with Gasteiger partial charge in [-0.3, -0.25) is 4.98 Å². The van der Waals surface area contributed by atoms with Crippen LogP contribution in [0.25, 0.3) is 0 Å².